The fourth-order valence-corrected chi connectivity index (χ4v) is 2.51. The Bertz CT molecular complexity index is 448. The monoisotopic (exact) mass is 260 g/mol. The Morgan fingerprint density at radius 2 is 2.16 bits per heavy atom. The molecule has 1 aliphatic carbocycles. The minimum Gasteiger partial charge on any atom is -0.479 e. The summed E-state index contributed by atoms with van der Waals surface area (Å²) in [4.78, 5) is 0. The van der Waals surface area contributed by atoms with Crippen LogP contribution in [0.15, 0.2) is 24.3 Å². The van der Waals surface area contributed by atoms with E-state index < -0.39 is 5.60 Å². The molecule has 1 fully saturated rings. The summed E-state index contributed by atoms with van der Waals surface area (Å²) in [5, 5.41) is 22.0. The first-order valence-electron chi connectivity index (χ1n) is 6.74. The van der Waals surface area contributed by atoms with Crippen LogP contribution in [0.3, 0.4) is 0 Å². The van der Waals surface area contributed by atoms with E-state index in [2.05, 4.69) is 5.32 Å². The van der Waals surface area contributed by atoms with Crippen molar-refractivity contribution in [2.24, 2.45) is 0 Å². The first-order valence-corrected chi connectivity index (χ1v) is 6.74. The third kappa shape index (κ3) is 4.23. The van der Waals surface area contributed by atoms with Gasteiger partial charge in [0.15, 0.2) is 6.61 Å². The molecule has 0 unspecified atom stereocenters. The lowest BCUT2D eigenvalue weighted by Gasteiger charge is -2.22. The van der Waals surface area contributed by atoms with Crippen molar-refractivity contribution in [1.82, 2.24) is 5.32 Å². The number of benzene rings is 1. The van der Waals surface area contributed by atoms with Gasteiger partial charge in [0, 0.05) is 13.1 Å². The zero-order valence-corrected chi connectivity index (χ0v) is 11.1. The molecule has 102 valence electrons. The number of hydrogen-bond acceptors (Lipinski definition) is 4. The maximum atomic E-state index is 10.2. The van der Waals surface area contributed by atoms with Gasteiger partial charge in [-0.05, 0) is 30.5 Å². The van der Waals surface area contributed by atoms with Crippen LogP contribution in [0.5, 0.6) is 5.75 Å². The van der Waals surface area contributed by atoms with E-state index in [-0.39, 0.29) is 6.61 Å². The molecule has 0 aliphatic heterocycles. The third-order valence-electron chi connectivity index (χ3n) is 3.52. The van der Waals surface area contributed by atoms with E-state index in [1.54, 1.807) is 0 Å². The number of nitriles is 1. The lowest BCUT2D eigenvalue weighted by Crippen LogP contribution is -2.37. The molecule has 0 heterocycles. The van der Waals surface area contributed by atoms with Gasteiger partial charge in [-0.2, -0.15) is 5.26 Å². The highest BCUT2D eigenvalue weighted by molar-refractivity contribution is 5.28. The fourth-order valence-electron chi connectivity index (χ4n) is 2.51. The van der Waals surface area contributed by atoms with Crippen LogP contribution in [0.2, 0.25) is 0 Å². The molecule has 1 aromatic carbocycles. The summed E-state index contributed by atoms with van der Waals surface area (Å²) in [6.45, 7) is 1.40. The summed E-state index contributed by atoms with van der Waals surface area (Å²) < 4.78 is 5.26. The summed E-state index contributed by atoms with van der Waals surface area (Å²) in [7, 11) is 0. The van der Waals surface area contributed by atoms with E-state index in [1.165, 1.54) is 0 Å². The van der Waals surface area contributed by atoms with Crippen LogP contribution in [0.25, 0.3) is 0 Å². The normalized spacial score (nSPS) is 17.1. The summed E-state index contributed by atoms with van der Waals surface area (Å²) in [5.41, 5.74) is 0.576. The Hall–Kier alpha value is -1.57. The molecule has 1 aliphatic rings. The van der Waals surface area contributed by atoms with E-state index in [9.17, 15) is 5.11 Å². The van der Waals surface area contributed by atoms with Gasteiger partial charge in [0.2, 0.25) is 0 Å². The molecule has 0 spiro atoms. The molecular weight excluding hydrogens is 240 g/mol. The molecule has 2 N–H and O–H groups in total. The molecule has 1 saturated carbocycles. The Morgan fingerprint density at radius 1 is 1.37 bits per heavy atom. The summed E-state index contributed by atoms with van der Waals surface area (Å²) >= 11 is 0. The Kier molecular flexibility index (Phi) is 4.78. The van der Waals surface area contributed by atoms with Crippen molar-refractivity contribution in [3.05, 3.63) is 29.8 Å². The Balaban J connectivity index is 1.80. The molecule has 4 heteroatoms. The first-order chi connectivity index (χ1) is 9.22. The highest BCUT2D eigenvalue weighted by Crippen LogP contribution is 2.28. The van der Waals surface area contributed by atoms with E-state index in [0.29, 0.717) is 18.8 Å². The molecular formula is C15H20N2O2. The van der Waals surface area contributed by atoms with Crippen molar-refractivity contribution in [2.45, 2.75) is 37.8 Å². The highest BCUT2D eigenvalue weighted by atomic mass is 16.5. The smallest absolute Gasteiger partial charge is 0.174 e. The summed E-state index contributed by atoms with van der Waals surface area (Å²) in [5.74, 6) is 0.709. The summed E-state index contributed by atoms with van der Waals surface area (Å²) in [6, 6.07) is 9.62. The van der Waals surface area contributed by atoms with Crippen LogP contribution in [0.1, 0.15) is 31.2 Å². The number of hydrogen-bond donors (Lipinski definition) is 2. The second kappa shape index (κ2) is 6.55. The second-order valence-corrected chi connectivity index (χ2v) is 5.13. The Morgan fingerprint density at radius 3 is 2.89 bits per heavy atom. The van der Waals surface area contributed by atoms with Crippen LogP contribution >= 0.6 is 0 Å². The zero-order valence-electron chi connectivity index (χ0n) is 11.1. The van der Waals surface area contributed by atoms with Crippen LogP contribution in [-0.2, 0) is 6.54 Å². The quantitative estimate of drug-likeness (QED) is 0.821. The number of nitrogens with zero attached hydrogens (tertiary/aromatic N) is 1. The predicted octanol–water partition coefficient (Wildman–Crippen LogP) is 1.98. The Labute approximate surface area is 114 Å². The maximum Gasteiger partial charge on any atom is 0.174 e. The predicted molar refractivity (Wildman–Crippen MR) is 72.7 cm³/mol. The van der Waals surface area contributed by atoms with E-state index in [1.807, 2.05) is 30.3 Å². The van der Waals surface area contributed by atoms with Gasteiger partial charge in [0.1, 0.15) is 11.8 Å². The van der Waals surface area contributed by atoms with Crippen molar-refractivity contribution >= 4 is 0 Å². The van der Waals surface area contributed by atoms with E-state index in [0.717, 1.165) is 31.2 Å². The van der Waals surface area contributed by atoms with Gasteiger partial charge in [-0.3, -0.25) is 0 Å². The third-order valence-corrected chi connectivity index (χ3v) is 3.52. The topological polar surface area (TPSA) is 65.3 Å². The van der Waals surface area contributed by atoms with Crippen molar-refractivity contribution in [3.63, 3.8) is 0 Å². The van der Waals surface area contributed by atoms with Gasteiger partial charge in [0.25, 0.3) is 0 Å². The number of ether oxygens (including phenoxy) is 1. The minimum absolute atomic E-state index is 0.0661. The summed E-state index contributed by atoms with van der Waals surface area (Å²) in [6.07, 6.45) is 4.03. The maximum absolute atomic E-state index is 10.2. The SMILES string of the molecule is N#CCOc1cccc(CNCC2(O)CCCC2)c1. The molecule has 0 aromatic heterocycles. The van der Waals surface area contributed by atoms with E-state index >= 15 is 0 Å². The molecule has 0 atom stereocenters. The van der Waals surface area contributed by atoms with Crippen LogP contribution in [0, 0.1) is 11.3 Å². The molecule has 4 nitrogen and oxygen atoms in total. The molecule has 2 rings (SSSR count). The average molecular weight is 260 g/mol. The zero-order chi connectivity index (χ0) is 13.6. The first kappa shape index (κ1) is 13.9. The van der Waals surface area contributed by atoms with Crippen molar-refractivity contribution in [1.29, 1.82) is 5.26 Å². The minimum atomic E-state index is -0.519. The number of aliphatic hydroxyl groups is 1. The standard InChI is InChI=1S/C15H20N2O2/c16-8-9-19-14-5-3-4-13(10-14)11-17-12-15(18)6-1-2-7-15/h3-5,10,17-18H,1-2,6-7,9,11-12H2. The fraction of sp³-hybridized carbons (Fsp3) is 0.533. The van der Waals surface area contributed by atoms with Gasteiger partial charge < -0.3 is 15.2 Å². The number of rotatable bonds is 6. The van der Waals surface area contributed by atoms with Gasteiger partial charge in [-0.25, -0.2) is 0 Å². The van der Waals surface area contributed by atoms with Crippen molar-refractivity contribution < 1.29 is 9.84 Å². The largest absolute Gasteiger partial charge is 0.479 e. The van der Waals surface area contributed by atoms with Crippen LogP contribution in [0.4, 0.5) is 0 Å². The van der Waals surface area contributed by atoms with Crippen LogP contribution in [-0.4, -0.2) is 23.9 Å². The second-order valence-electron chi connectivity index (χ2n) is 5.13. The lowest BCUT2D eigenvalue weighted by molar-refractivity contribution is 0.0475. The molecule has 0 amide bonds. The molecule has 1 aromatic rings. The van der Waals surface area contributed by atoms with E-state index in [4.69, 9.17) is 10.00 Å². The van der Waals surface area contributed by atoms with Gasteiger partial charge in [-0.1, -0.05) is 25.0 Å². The van der Waals surface area contributed by atoms with Crippen molar-refractivity contribution in [3.8, 4) is 11.8 Å². The van der Waals surface area contributed by atoms with Gasteiger partial charge >= 0.3 is 0 Å². The molecule has 0 radical (unpaired) electrons. The van der Waals surface area contributed by atoms with Gasteiger partial charge in [0.05, 0.1) is 5.60 Å². The average Bonchev–Trinajstić information content (AvgIpc) is 2.84. The molecule has 0 saturated heterocycles. The molecule has 19 heavy (non-hydrogen) atoms. The van der Waals surface area contributed by atoms with Gasteiger partial charge in [-0.15, -0.1) is 0 Å². The van der Waals surface area contributed by atoms with Crippen LogP contribution < -0.4 is 10.1 Å². The highest BCUT2D eigenvalue weighted by Gasteiger charge is 2.30. The lowest BCUT2D eigenvalue weighted by atomic mass is 10.0. The molecule has 0 bridgehead atoms. The van der Waals surface area contributed by atoms with Crippen molar-refractivity contribution in [2.75, 3.05) is 13.2 Å². The number of nitrogens with one attached hydrogen (secondary N) is 1.